The molecule has 0 aromatic heterocycles. The molecule has 3 rings (SSSR count). The van der Waals surface area contributed by atoms with Crippen LogP contribution in [0.15, 0.2) is 0 Å². The summed E-state index contributed by atoms with van der Waals surface area (Å²) < 4.78 is 0. The molecule has 3 aliphatic rings. The molecule has 1 aliphatic carbocycles. The van der Waals surface area contributed by atoms with E-state index in [4.69, 9.17) is 5.73 Å². The Morgan fingerprint density at radius 1 is 1.10 bits per heavy atom. The van der Waals surface area contributed by atoms with Gasteiger partial charge < -0.3 is 11.1 Å². The van der Waals surface area contributed by atoms with Gasteiger partial charge >= 0.3 is 0 Å². The number of carbonyl (C=O) groups excluding carboxylic acids is 1. The Morgan fingerprint density at radius 2 is 1.90 bits per heavy atom. The van der Waals surface area contributed by atoms with Crippen LogP contribution in [-0.4, -0.2) is 42.0 Å². The second-order valence-electron chi connectivity index (χ2n) is 7.70. The molecule has 6 atom stereocenters. The van der Waals surface area contributed by atoms with Crippen LogP contribution in [0.5, 0.6) is 0 Å². The summed E-state index contributed by atoms with van der Waals surface area (Å²) in [6, 6.07) is 1.15. The number of rotatable bonds is 2. The Bertz CT molecular complexity index is 386. The van der Waals surface area contributed by atoms with Gasteiger partial charge in [-0.25, -0.2) is 0 Å². The fourth-order valence-electron chi connectivity index (χ4n) is 4.75. The van der Waals surface area contributed by atoms with Crippen molar-refractivity contribution in [3.8, 4) is 0 Å². The number of carbonyl (C=O) groups is 1. The molecule has 4 nitrogen and oxygen atoms in total. The van der Waals surface area contributed by atoms with E-state index in [1.807, 2.05) is 0 Å². The van der Waals surface area contributed by atoms with Crippen LogP contribution < -0.4 is 11.1 Å². The molecular weight excluding hydrogens is 262 g/mol. The number of fused-ring (bicyclic) bond motifs is 1. The predicted molar refractivity (Wildman–Crippen MR) is 84.8 cm³/mol. The average Bonchev–Trinajstić information content (AvgIpc) is 2.86. The fourth-order valence-corrected chi connectivity index (χ4v) is 4.75. The van der Waals surface area contributed by atoms with E-state index >= 15 is 0 Å². The fraction of sp³-hybridized carbons (Fsp3) is 0.941. The van der Waals surface area contributed by atoms with Crippen LogP contribution in [0.2, 0.25) is 0 Å². The molecule has 2 saturated heterocycles. The Hall–Kier alpha value is -0.610. The molecule has 1 saturated carbocycles. The van der Waals surface area contributed by atoms with Gasteiger partial charge in [0, 0.05) is 30.6 Å². The van der Waals surface area contributed by atoms with Gasteiger partial charge in [-0.15, -0.1) is 0 Å². The number of hydrogen-bond donors (Lipinski definition) is 2. The molecule has 120 valence electrons. The standard InChI is InChI=1S/C17H31N3O/c1-11-9-12(2)14(18)10-13(11)17(21)19-15-6-8-20-7-4-3-5-16(15)20/h11-16H,3-10,18H2,1-2H3,(H,19,21). The van der Waals surface area contributed by atoms with Crippen molar-refractivity contribution >= 4 is 5.91 Å². The van der Waals surface area contributed by atoms with Gasteiger partial charge in [0.2, 0.25) is 5.91 Å². The Kier molecular flexibility index (Phi) is 4.55. The highest BCUT2D eigenvalue weighted by Gasteiger charge is 2.39. The lowest BCUT2D eigenvalue weighted by Crippen LogP contribution is -2.51. The van der Waals surface area contributed by atoms with Gasteiger partial charge in [-0.05, 0) is 50.5 Å². The maximum Gasteiger partial charge on any atom is 0.223 e. The maximum absolute atomic E-state index is 12.7. The van der Waals surface area contributed by atoms with Crippen molar-refractivity contribution in [3.63, 3.8) is 0 Å². The number of nitrogens with zero attached hydrogens (tertiary/aromatic N) is 1. The highest BCUT2D eigenvalue weighted by Crippen LogP contribution is 2.34. The van der Waals surface area contributed by atoms with Crippen LogP contribution >= 0.6 is 0 Å². The SMILES string of the molecule is CC1CC(C)C(C(=O)NC2CCN3CCCCC23)CC1N. The number of nitrogens with one attached hydrogen (secondary N) is 1. The molecule has 3 N–H and O–H groups in total. The summed E-state index contributed by atoms with van der Waals surface area (Å²) in [5.74, 6) is 1.39. The number of piperidine rings is 1. The first-order valence-electron chi connectivity index (χ1n) is 8.86. The van der Waals surface area contributed by atoms with Crippen molar-refractivity contribution in [2.24, 2.45) is 23.5 Å². The monoisotopic (exact) mass is 293 g/mol. The predicted octanol–water partition coefficient (Wildman–Crippen LogP) is 1.74. The van der Waals surface area contributed by atoms with Gasteiger partial charge in [-0.3, -0.25) is 9.69 Å². The molecule has 21 heavy (non-hydrogen) atoms. The van der Waals surface area contributed by atoms with E-state index in [9.17, 15) is 4.79 Å². The number of hydrogen-bond acceptors (Lipinski definition) is 3. The Morgan fingerprint density at radius 3 is 2.71 bits per heavy atom. The van der Waals surface area contributed by atoms with E-state index in [1.165, 1.54) is 25.8 Å². The van der Waals surface area contributed by atoms with Crippen LogP contribution in [0.3, 0.4) is 0 Å². The minimum absolute atomic E-state index is 0.119. The van der Waals surface area contributed by atoms with E-state index < -0.39 is 0 Å². The third-order valence-electron chi connectivity index (χ3n) is 6.21. The third kappa shape index (κ3) is 3.11. The lowest BCUT2D eigenvalue weighted by Gasteiger charge is -2.38. The van der Waals surface area contributed by atoms with Gasteiger partial charge in [-0.2, -0.15) is 0 Å². The second-order valence-corrected chi connectivity index (χ2v) is 7.70. The zero-order valence-corrected chi connectivity index (χ0v) is 13.6. The van der Waals surface area contributed by atoms with Crippen LogP contribution in [0.1, 0.15) is 52.4 Å². The van der Waals surface area contributed by atoms with Crippen molar-refractivity contribution in [2.45, 2.75) is 70.5 Å². The first-order valence-corrected chi connectivity index (χ1v) is 8.86. The van der Waals surface area contributed by atoms with Crippen molar-refractivity contribution in [3.05, 3.63) is 0 Å². The van der Waals surface area contributed by atoms with Crippen LogP contribution in [0, 0.1) is 17.8 Å². The lowest BCUT2D eigenvalue weighted by molar-refractivity contribution is -0.129. The van der Waals surface area contributed by atoms with Crippen molar-refractivity contribution in [1.29, 1.82) is 0 Å². The Balaban J connectivity index is 1.58. The maximum atomic E-state index is 12.7. The highest BCUT2D eigenvalue weighted by molar-refractivity contribution is 5.79. The molecule has 0 aromatic carbocycles. The average molecular weight is 293 g/mol. The third-order valence-corrected chi connectivity index (χ3v) is 6.21. The summed E-state index contributed by atoms with van der Waals surface area (Å²) in [7, 11) is 0. The molecule has 2 aliphatic heterocycles. The van der Waals surface area contributed by atoms with Gasteiger partial charge in [0.05, 0.1) is 0 Å². The summed E-state index contributed by atoms with van der Waals surface area (Å²) in [5, 5.41) is 3.38. The van der Waals surface area contributed by atoms with Gasteiger partial charge in [0.15, 0.2) is 0 Å². The van der Waals surface area contributed by atoms with E-state index in [1.54, 1.807) is 0 Å². The lowest BCUT2D eigenvalue weighted by atomic mass is 9.72. The molecule has 2 heterocycles. The summed E-state index contributed by atoms with van der Waals surface area (Å²) in [6.45, 7) is 6.81. The number of nitrogens with two attached hydrogens (primary N) is 1. The van der Waals surface area contributed by atoms with E-state index in [0.717, 1.165) is 25.8 Å². The summed E-state index contributed by atoms with van der Waals surface area (Å²) in [4.78, 5) is 15.3. The molecular formula is C17H31N3O. The summed E-state index contributed by atoms with van der Waals surface area (Å²) >= 11 is 0. The molecule has 4 heteroatoms. The largest absolute Gasteiger partial charge is 0.351 e. The summed E-state index contributed by atoms with van der Waals surface area (Å²) in [6.07, 6.45) is 6.95. The molecule has 0 radical (unpaired) electrons. The normalized spacial score (nSPS) is 44.3. The minimum Gasteiger partial charge on any atom is -0.351 e. The topological polar surface area (TPSA) is 58.4 Å². The van der Waals surface area contributed by atoms with Gasteiger partial charge in [0.1, 0.15) is 0 Å². The van der Waals surface area contributed by atoms with E-state index in [0.29, 0.717) is 23.9 Å². The van der Waals surface area contributed by atoms with E-state index in [2.05, 4.69) is 24.1 Å². The molecule has 0 spiro atoms. The smallest absolute Gasteiger partial charge is 0.223 e. The zero-order valence-electron chi connectivity index (χ0n) is 13.6. The molecule has 0 bridgehead atoms. The number of amides is 1. The van der Waals surface area contributed by atoms with Crippen LogP contribution in [0.25, 0.3) is 0 Å². The Labute approximate surface area is 128 Å². The molecule has 1 amide bonds. The summed E-state index contributed by atoms with van der Waals surface area (Å²) in [5.41, 5.74) is 6.19. The minimum atomic E-state index is 0.119. The first-order chi connectivity index (χ1) is 10.1. The van der Waals surface area contributed by atoms with Gasteiger partial charge in [-0.1, -0.05) is 20.3 Å². The molecule has 0 aromatic rings. The van der Waals surface area contributed by atoms with Crippen molar-refractivity contribution < 1.29 is 4.79 Å². The van der Waals surface area contributed by atoms with Crippen molar-refractivity contribution in [2.75, 3.05) is 13.1 Å². The van der Waals surface area contributed by atoms with Crippen LogP contribution in [-0.2, 0) is 4.79 Å². The van der Waals surface area contributed by atoms with Gasteiger partial charge in [0.25, 0.3) is 0 Å². The quantitative estimate of drug-likeness (QED) is 0.815. The van der Waals surface area contributed by atoms with E-state index in [-0.39, 0.29) is 17.9 Å². The zero-order chi connectivity index (χ0) is 15.0. The van der Waals surface area contributed by atoms with Crippen LogP contribution in [0.4, 0.5) is 0 Å². The highest BCUT2D eigenvalue weighted by atomic mass is 16.2. The second kappa shape index (κ2) is 6.25. The molecule has 3 fully saturated rings. The first kappa shape index (κ1) is 15.3. The van der Waals surface area contributed by atoms with Crippen molar-refractivity contribution in [1.82, 2.24) is 10.2 Å². The molecule has 6 unspecified atom stereocenters.